The molecular formula is C19H27Cl2N7. The molecule has 9 heteroatoms. The summed E-state index contributed by atoms with van der Waals surface area (Å²) >= 11 is 12.0. The Morgan fingerprint density at radius 1 is 1.25 bits per heavy atom. The third-order valence-corrected chi connectivity index (χ3v) is 4.88. The van der Waals surface area contributed by atoms with Gasteiger partial charge in [-0.2, -0.15) is 4.98 Å². The molecule has 152 valence electrons. The maximum atomic E-state index is 5.99. The number of hydrogen-bond donors (Lipinski definition) is 1. The fourth-order valence-corrected chi connectivity index (χ4v) is 3.55. The van der Waals surface area contributed by atoms with Gasteiger partial charge in [0.15, 0.2) is 5.82 Å². The summed E-state index contributed by atoms with van der Waals surface area (Å²) in [5, 5.41) is 4.03. The van der Waals surface area contributed by atoms with Crippen LogP contribution in [-0.2, 0) is 7.05 Å². The molecule has 1 saturated heterocycles. The summed E-state index contributed by atoms with van der Waals surface area (Å²) in [6, 6.07) is 0. The maximum absolute atomic E-state index is 5.99. The van der Waals surface area contributed by atoms with E-state index in [4.69, 9.17) is 23.2 Å². The van der Waals surface area contributed by atoms with Crippen molar-refractivity contribution in [1.29, 1.82) is 0 Å². The van der Waals surface area contributed by atoms with E-state index in [1.165, 1.54) is 0 Å². The summed E-state index contributed by atoms with van der Waals surface area (Å²) in [5.41, 5.74) is 0.712. The van der Waals surface area contributed by atoms with Gasteiger partial charge in [0, 0.05) is 32.9 Å². The minimum atomic E-state index is 0.141. The van der Waals surface area contributed by atoms with Crippen molar-refractivity contribution in [2.75, 3.05) is 29.9 Å². The van der Waals surface area contributed by atoms with Crippen LogP contribution in [0.5, 0.6) is 0 Å². The van der Waals surface area contributed by atoms with Crippen LogP contribution in [0.4, 0.5) is 17.6 Å². The summed E-state index contributed by atoms with van der Waals surface area (Å²) in [6.45, 7) is 14.0. The van der Waals surface area contributed by atoms with Crippen LogP contribution in [0.2, 0.25) is 10.4 Å². The predicted molar refractivity (Wildman–Crippen MR) is 119 cm³/mol. The molecule has 28 heavy (non-hydrogen) atoms. The van der Waals surface area contributed by atoms with Gasteiger partial charge < -0.3 is 14.8 Å². The maximum Gasteiger partial charge on any atom is 0.226 e. The molecule has 1 aliphatic heterocycles. The Morgan fingerprint density at radius 2 is 1.93 bits per heavy atom. The molecule has 0 atom stereocenters. The predicted octanol–water partition coefficient (Wildman–Crippen LogP) is 4.85. The SMILES string of the molecule is C=Cc1c(N=C)nc(Cl)nc1NCC1CCN(c2nc(Cl)cn2C)CC1.CC. The van der Waals surface area contributed by atoms with Crippen molar-refractivity contribution in [3.8, 4) is 0 Å². The third kappa shape index (κ3) is 5.23. The van der Waals surface area contributed by atoms with Crippen LogP contribution in [0.3, 0.4) is 0 Å². The third-order valence-electron chi connectivity index (χ3n) is 4.53. The molecule has 0 unspecified atom stereocenters. The van der Waals surface area contributed by atoms with Crippen molar-refractivity contribution >= 4 is 53.6 Å². The largest absolute Gasteiger partial charge is 0.369 e. The highest BCUT2D eigenvalue weighted by atomic mass is 35.5. The number of anilines is 2. The minimum absolute atomic E-state index is 0.141. The standard InChI is InChI=1S/C17H21Cl2N7.C2H6/c1-4-12-14(20-2)23-16(19)24-15(12)21-9-11-5-7-26(8-6-11)17-22-13(18)10-25(17)3;1-2/h4,10-11H,1-2,5-9H2,3H3,(H,21,23,24);1-2H3. The summed E-state index contributed by atoms with van der Waals surface area (Å²) in [7, 11) is 1.96. The van der Waals surface area contributed by atoms with E-state index in [9.17, 15) is 0 Å². The smallest absolute Gasteiger partial charge is 0.226 e. The first-order valence-corrected chi connectivity index (χ1v) is 10.1. The van der Waals surface area contributed by atoms with Crippen LogP contribution in [0.1, 0.15) is 32.3 Å². The Hall–Kier alpha value is -2.12. The van der Waals surface area contributed by atoms with Crippen molar-refractivity contribution in [3.05, 3.63) is 28.8 Å². The second kappa shape index (κ2) is 10.4. The molecule has 0 aromatic carbocycles. The van der Waals surface area contributed by atoms with Gasteiger partial charge >= 0.3 is 0 Å². The van der Waals surface area contributed by atoms with Crippen LogP contribution < -0.4 is 10.2 Å². The number of nitrogens with one attached hydrogen (secondary N) is 1. The lowest BCUT2D eigenvalue weighted by atomic mass is 9.97. The Bertz CT molecular complexity index is 811. The molecule has 2 aromatic heterocycles. The monoisotopic (exact) mass is 423 g/mol. The quantitative estimate of drug-likeness (QED) is 0.531. The van der Waals surface area contributed by atoms with Crippen LogP contribution in [0, 0.1) is 5.92 Å². The van der Waals surface area contributed by atoms with E-state index in [1.807, 2.05) is 31.7 Å². The van der Waals surface area contributed by atoms with E-state index in [2.05, 4.69) is 43.5 Å². The molecule has 0 aliphatic carbocycles. The first kappa shape index (κ1) is 22.2. The number of hydrogen-bond acceptors (Lipinski definition) is 6. The number of halogens is 2. The topological polar surface area (TPSA) is 71.2 Å². The molecule has 1 fully saturated rings. The fourth-order valence-electron chi connectivity index (χ4n) is 3.17. The Morgan fingerprint density at radius 3 is 2.46 bits per heavy atom. The molecule has 0 bridgehead atoms. The van der Waals surface area contributed by atoms with Crippen LogP contribution in [-0.4, -0.2) is 45.9 Å². The van der Waals surface area contributed by atoms with E-state index in [1.54, 1.807) is 6.08 Å². The lowest BCUT2D eigenvalue weighted by Crippen LogP contribution is -2.37. The van der Waals surface area contributed by atoms with Crippen LogP contribution in [0.15, 0.2) is 17.8 Å². The Labute approximate surface area is 176 Å². The van der Waals surface area contributed by atoms with Gasteiger partial charge in [-0.1, -0.05) is 38.1 Å². The molecular weight excluding hydrogens is 397 g/mol. The number of aromatic nitrogens is 4. The highest BCUT2D eigenvalue weighted by Crippen LogP contribution is 2.28. The molecule has 0 radical (unpaired) electrons. The van der Waals surface area contributed by atoms with E-state index in [0.717, 1.165) is 38.4 Å². The van der Waals surface area contributed by atoms with Crippen molar-refractivity contribution in [2.45, 2.75) is 26.7 Å². The highest BCUT2D eigenvalue weighted by Gasteiger charge is 2.22. The molecule has 2 aromatic rings. The van der Waals surface area contributed by atoms with Gasteiger partial charge in [-0.25, -0.2) is 15.0 Å². The van der Waals surface area contributed by atoms with E-state index >= 15 is 0 Å². The second-order valence-corrected chi connectivity index (χ2v) is 6.95. The number of aryl methyl sites for hydroxylation is 1. The molecule has 7 nitrogen and oxygen atoms in total. The van der Waals surface area contributed by atoms with Crippen molar-refractivity contribution in [1.82, 2.24) is 19.5 Å². The highest BCUT2D eigenvalue weighted by molar-refractivity contribution is 6.29. The van der Waals surface area contributed by atoms with E-state index in [0.29, 0.717) is 28.3 Å². The molecule has 1 N–H and O–H groups in total. The van der Waals surface area contributed by atoms with Crippen molar-refractivity contribution in [2.24, 2.45) is 18.0 Å². The van der Waals surface area contributed by atoms with Crippen LogP contribution in [0.25, 0.3) is 6.08 Å². The zero-order valence-electron chi connectivity index (χ0n) is 16.6. The summed E-state index contributed by atoms with van der Waals surface area (Å²) < 4.78 is 1.96. The van der Waals surface area contributed by atoms with Gasteiger partial charge in [0.25, 0.3) is 0 Å². The van der Waals surface area contributed by atoms with Gasteiger partial charge in [0.05, 0.1) is 5.56 Å². The van der Waals surface area contributed by atoms with Crippen LogP contribution >= 0.6 is 23.2 Å². The Kier molecular flexibility index (Phi) is 8.26. The second-order valence-electron chi connectivity index (χ2n) is 6.23. The first-order chi connectivity index (χ1) is 13.5. The number of imidazole rings is 1. The van der Waals surface area contributed by atoms with Crippen molar-refractivity contribution < 1.29 is 0 Å². The normalized spacial score (nSPS) is 14.2. The summed E-state index contributed by atoms with van der Waals surface area (Å²) in [5.74, 6) is 2.51. The fraction of sp³-hybridized carbons (Fsp3) is 0.474. The first-order valence-electron chi connectivity index (χ1n) is 9.36. The van der Waals surface area contributed by atoms with E-state index < -0.39 is 0 Å². The zero-order chi connectivity index (χ0) is 20.7. The molecule has 0 amide bonds. The summed E-state index contributed by atoms with van der Waals surface area (Å²) in [6.07, 6.45) is 5.58. The lowest BCUT2D eigenvalue weighted by Gasteiger charge is -2.32. The molecule has 3 rings (SSSR count). The van der Waals surface area contributed by atoms with Gasteiger partial charge in [0.2, 0.25) is 11.2 Å². The minimum Gasteiger partial charge on any atom is -0.369 e. The Balaban J connectivity index is 0.00000136. The molecule has 3 heterocycles. The van der Waals surface area contributed by atoms with Gasteiger partial charge in [0.1, 0.15) is 11.0 Å². The lowest BCUT2D eigenvalue weighted by molar-refractivity contribution is 0.418. The number of rotatable bonds is 6. The van der Waals surface area contributed by atoms with Crippen molar-refractivity contribution in [3.63, 3.8) is 0 Å². The van der Waals surface area contributed by atoms with Gasteiger partial charge in [-0.15, -0.1) is 0 Å². The molecule has 1 aliphatic rings. The number of aliphatic imine (C=N–C) groups is 1. The summed E-state index contributed by atoms with van der Waals surface area (Å²) in [4.78, 5) is 18.9. The van der Waals surface area contributed by atoms with Gasteiger partial charge in [-0.05, 0) is 37.1 Å². The molecule has 0 saturated carbocycles. The van der Waals surface area contributed by atoms with Gasteiger partial charge in [-0.3, -0.25) is 0 Å². The average Bonchev–Trinajstić information content (AvgIpc) is 3.05. The number of nitrogens with zero attached hydrogens (tertiary/aromatic N) is 6. The van der Waals surface area contributed by atoms with E-state index in [-0.39, 0.29) is 5.28 Å². The average molecular weight is 424 g/mol. The number of piperidine rings is 1. The zero-order valence-corrected chi connectivity index (χ0v) is 18.1. The molecule has 0 spiro atoms.